The topological polar surface area (TPSA) is 60.2 Å². The Morgan fingerprint density at radius 2 is 1.57 bits per heavy atom. The van der Waals surface area contributed by atoms with Crippen molar-refractivity contribution < 1.29 is 8.42 Å². The molecule has 0 aliphatic carbocycles. The number of nitrogens with two attached hydrogens (primary N) is 1. The van der Waals surface area contributed by atoms with Gasteiger partial charge < -0.3 is 5.73 Å². The Morgan fingerprint density at radius 3 is 2.38 bits per heavy atom. The molecule has 0 bridgehead atoms. The molecule has 0 unspecified atom stereocenters. The summed E-state index contributed by atoms with van der Waals surface area (Å²) in [6.07, 6.45) is 0. The third kappa shape index (κ3) is 2.76. The van der Waals surface area contributed by atoms with Crippen molar-refractivity contribution in [2.45, 2.75) is 10.6 Å². The van der Waals surface area contributed by atoms with Gasteiger partial charge in [0.1, 0.15) is 0 Å². The van der Waals surface area contributed by atoms with Crippen molar-refractivity contribution in [2.24, 2.45) is 0 Å². The minimum absolute atomic E-state index is 0.0300. The number of fused-ring (bicyclic) bond motifs is 1. The first-order chi connectivity index (χ1) is 10.1. The monoisotopic (exact) mass is 297 g/mol. The van der Waals surface area contributed by atoms with Crippen molar-refractivity contribution in [3.63, 3.8) is 0 Å². The molecule has 0 aromatic heterocycles. The van der Waals surface area contributed by atoms with Crippen molar-refractivity contribution in [1.82, 2.24) is 0 Å². The van der Waals surface area contributed by atoms with Crippen LogP contribution in [0.4, 0.5) is 5.69 Å². The van der Waals surface area contributed by atoms with E-state index < -0.39 is 9.84 Å². The zero-order chi connectivity index (χ0) is 14.9. The Balaban J connectivity index is 2.06. The number of hydrogen-bond donors (Lipinski definition) is 1. The molecular weight excluding hydrogens is 282 g/mol. The molecule has 0 heterocycles. The van der Waals surface area contributed by atoms with Gasteiger partial charge in [0.05, 0.1) is 10.6 Å². The molecule has 0 atom stereocenters. The highest BCUT2D eigenvalue weighted by molar-refractivity contribution is 7.90. The van der Waals surface area contributed by atoms with Crippen molar-refractivity contribution in [3.8, 4) is 0 Å². The van der Waals surface area contributed by atoms with Crippen LogP contribution >= 0.6 is 0 Å². The van der Waals surface area contributed by atoms with Crippen molar-refractivity contribution in [2.75, 3.05) is 5.73 Å². The fourth-order valence-electron chi connectivity index (χ4n) is 2.41. The van der Waals surface area contributed by atoms with Gasteiger partial charge in [0.15, 0.2) is 9.84 Å². The molecule has 0 aliphatic heterocycles. The first-order valence-corrected chi connectivity index (χ1v) is 8.26. The molecule has 0 fully saturated rings. The van der Waals surface area contributed by atoms with Gasteiger partial charge >= 0.3 is 0 Å². The second-order valence-corrected chi connectivity index (χ2v) is 6.96. The molecule has 21 heavy (non-hydrogen) atoms. The Kier molecular flexibility index (Phi) is 3.39. The summed E-state index contributed by atoms with van der Waals surface area (Å²) in [5.41, 5.74) is 6.93. The Labute approximate surface area is 124 Å². The average molecular weight is 297 g/mol. The first-order valence-electron chi connectivity index (χ1n) is 6.61. The minimum atomic E-state index is -3.41. The lowest BCUT2D eigenvalue weighted by Gasteiger charge is -2.08. The molecule has 0 aliphatic rings. The molecule has 3 aromatic carbocycles. The Bertz CT molecular complexity index is 896. The van der Waals surface area contributed by atoms with Crippen LogP contribution in [0.2, 0.25) is 0 Å². The summed E-state index contributed by atoms with van der Waals surface area (Å²) < 4.78 is 25.1. The summed E-state index contributed by atoms with van der Waals surface area (Å²) >= 11 is 0. The highest BCUT2D eigenvalue weighted by Gasteiger charge is 2.16. The highest BCUT2D eigenvalue weighted by atomic mass is 32.2. The second-order valence-electron chi connectivity index (χ2n) is 4.97. The summed E-state index contributed by atoms with van der Waals surface area (Å²) in [6.45, 7) is 0. The van der Waals surface area contributed by atoms with Crippen LogP contribution in [0.1, 0.15) is 5.56 Å². The van der Waals surface area contributed by atoms with E-state index in [2.05, 4.69) is 0 Å². The molecule has 2 N–H and O–H groups in total. The van der Waals surface area contributed by atoms with Crippen LogP contribution in [-0.4, -0.2) is 8.42 Å². The molecule has 4 heteroatoms. The number of nitrogen functional groups attached to an aromatic ring is 1. The van der Waals surface area contributed by atoms with E-state index in [1.54, 1.807) is 18.2 Å². The molecule has 0 spiro atoms. The maximum absolute atomic E-state index is 12.5. The lowest BCUT2D eigenvalue weighted by Crippen LogP contribution is -2.06. The number of benzene rings is 3. The van der Waals surface area contributed by atoms with Crippen LogP contribution in [0.5, 0.6) is 0 Å². The van der Waals surface area contributed by atoms with Gasteiger partial charge in [-0.25, -0.2) is 8.42 Å². The van der Waals surface area contributed by atoms with Gasteiger partial charge in [-0.2, -0.15) is 0 Å². The van der Waals surface area contributed by atoms with E-state index in [4.69, 9.17) is 5.73 Å². The molecule has 3 nitrogen and oxygen atoms in total. The highest BCUT2D eigenvalue weighted by Crippen LogP contribution is 2.24. The molecule has 0 amide bonds. The summed E-state index contributed by atoms with van der Waals surface area (Å²) in [6, 6.07) is 19.9. The van der Waals surface area contributed by atoms with Crippen molar-refractivity contribution in [1.29, 1.82) is 0 Å². The van der Waals surface area contributed by atoms with Gasteiger partial charge in [0, 0.05) is 5.69 Å². The summed E-state index contributed by atoms with van der Waals surface area (Å²) in [5, 5.41) is 2.00. The fraction of sp³-hybridized carbons (Fsp3) is 0.0588. The van der Waals surface area contributed by atoms with E-state index in [9.17, 15) is 8.42 Å². The summed E-state index contributed by atoms with van der Waals surface area (Å²) in [5.74, 6) is -0.0300. The fourth-order valence-corrected chi connectivity index (χ4v) is 3.84. The third-order valence-corrected chi connectivity index (χ3v) is 5.11. The SMILES string of the molecule is Nc1cccc(S(=O)(=O)Cc2cccc3ccccc23)c1. The number of rotatable bonds is 3. The molecule has 3 aromatic rings. The molecule has 0 saturated carbocycles. The van der Waals surface area contributed by atoms with E-state index in [1.807, 2.05) is 42.5 Å². The summed E-state index contributed by atoms with van der Waals surface area (Å²) in [4.78, 5) is 0.260. The van der Waals surface area contributed by atoms with Gasteiger partial charge in [-0.15, -0.1) is 0 Å². The number of hydrogen-bond acceptors (Lipinski definition) is 3. The van der Waals surface area contributed by atoms with Gasteiger partial charge in [0.2, 0.25) is 0 Å². The number of sulfone groups is 1. The molecule has 3 rings (SSSR count). The zero-order valence-corrected chi connectivity index (χ0v) is 12.2. The Hall–Kier alpha value is -2.33. The van der Waals surface area contributed by atoms with Gasteiger partial charge in [-0.1, -0.05) is 48.5 Å². The van der Waals surface area contributed by atoms with E-state index in [0.29, 0.717) is 5.69 Å². The zero-order valence-electron chi connectivity index (χ0n) is 11.4. The largest absolute Gasteiger partial charge is 0.399 e. The number of anilines is 1. The minimum Gasteiger partial charge on any atom is -0.399 e. The predicted octanol–water partition coefficient (Wildman–Crippen LogP) is 3.40. The van der Waals surface area contributed by atoms with Crippen LogP contribution < -0.4 is 5.73 Å². The second kappa shape index (κ2) is 5.22. The van der Waals surface area contributed by atoms with Gasteiger partial charge in [-0.05, 0) is 34.5 Å². The lowest BCUT2D eigenvalue weighted by atomic mass is 10.1. The van der Waals surface area contributed by atoms with Crippen LogP contribution in [-0.2, 0) is 15.6 Å². The third-order valence-electron chi connectivity index (χ3n) is 3.44. The summed E-state index contributed by atoms with van der Waals surface area (Å²) in [7, 11) is -3.41. The molecule has 106 valence electrons. The van der Waals surface area contributed by atoms with Crippen molar-refractivity contribution >= 4 is 26.3 Å². The van der Waals surface area contributed by atoms with Gasteiger partial charge in [0.25, 0.3) is 0 Å². The molecule has 0 radical (unpaired) electrons. The lowest BCUT2D eigenvalue weighted by molar-refractivity contribution is 0.595. The smallest absolute Gasteiger partial charge is 0.182 e. The van der Waals surface area contributed by atoms with E-state index >= 15 is 0 Å². The van der Waals surface area contributed by atoms with Crippen LogP contribution in [0.25, 0.3) is 10.8 Å². The molecular formula is C17H15NO2S. The Morgan fingerprint density at radius 1 is 0.857 bits per heavy atom. The van der Waals surface area contributed by atoms with Gasteiger partial charge in [-0.3, -0.25) is 0 Å². The van der Waals surface area contributed by atoms with Crippen LogP contribution in [0, 0.1) is 0 Å². The predicted molar refractivity (Wildman–Crippen MR) is 85.7 cm³/mol. The maximum atomic E-state index is 12.5. The van der Waals surface area contributed by atoms with Crippen LogP contribution in [0.15, 0.2) is 71.6 Å². The standard InChI is InChI=1S/C17H15NO2S/c18-15-8-4-9-16(11-15)21(19,20)12-14-7-3-6-13-5-1-2-10-17(13)14/h1-11H,12,18H2. The van der Waals surface area contributed by atoms with Crippen LogP contribution in [0.3, 0.4) is 0 Å². The van der Waals surface area contributed by atoms with E-state index in [-0.39, 0.29) is 10.6 Å². The first kappa shape index (κ1) is 13.6. The maximum Gasteiger partial charge on any atom is 0.182 e. The van der Waals surface area contributed by atoms with Crippen molar-refractivity contribution in [3.05, 3.63) is 72.3 Å². The van der Waals surface area contributed by atoms with E-state index in [1.165, 1.54) is 6.07 Å². The molecule has 0 saturated heterocycles. The van der Waals surface area contributed by atoms with E-state index in [0.717, 1.165) is 16.3 Å². The normalized spacial score (nSPS) is 11.6. The average Bonchev–Trinajstić information content (AvgIpc) is 2.47. The quantitative estimate of drug-likeness (QED) is 0.754.